The molecule has 3 heterocycles. The summed E-state index contributed by atoms with van der Waals surface area (Å²) in [4.78, 5) is 15.0. The van der Waals surface area contributed by atoms with E-state index in [-0.39, 0.29) is 18.4 Å². The monoisotopic (exact) mass is 552 g/mol. The number of methoxy groups -OCH3 is 1. The molecule has 1 saturated heterocycles. The van der Waals surface area contributed by atoms with E-state index in [1.807, 2.05) is 13.8 Å². The van der Waals surface area contributed by atoms with E-state index >= 15 is 0 Å². The molecule has 0 N–H and O–H groups in total. The first-order valence-corrected chi connectivity index (χ1v) is 13.4. The Labute approximate surface area is 218 Å². The van der Waals surface area contributed by atoms with Crippen molar-refractivity contribution < 1.29 is 18.3 Å². The summed E-state index contributed by atoms with van der Waals surface area (Å²) in [5.41, 5.74) is 4.26. The molecule has 1 saturated carbocycles. The van der Waals surface area contributed by atoms with Crippen molar-refractivity contribution >= 4 is 43.7 Å². The SMILES string of the molecule is COc1cc(C(=O)N2C[C@H](C)C[C@@H](F)C2)cc2oc(-c3cc4ccc(Br)cc4n3CC3CC3)c(C)c12. The third kappa shape index (κ3) is 4.11. The van der Waals surface area contributed by atoms with E-state index in [1.165, 1.54) is 18.4 Å². The number of fused-ring (bicyclic) bond motifs is 2. The van der Waals surface area contributed by atoms with Gasteiger partial charge in [0.25, 0.3) is 5.91 Å². The number of hydrogen-bond acceptors (Lipinski definition) is 3. The molecule has 0 bridgehead atoms. The fourth-order valence-corrected chi connectivity index (χ4v) is 6.01. The second-order valence-corrected chi connectivity index (χ2v) is 11.5. The van der Waals surface area contributed by atoms with Crippen LogP contribution in [0.2, 0.25) is 0 Å². The maximum atomic E-state index is 14.2. The Bertz CT molecular complexity index is 1480. The zero-order valence-electron chi connectivity index (χ0n) is 20.8. The lowest BCUT2D eigenvalue weighted by Gasteiger charge is -2.33. The summed E-state index contributed by atoms with van der Waals surface area (Å²) in [7, 11) is 1.61. The molecule has 1 aliphatic heterocycles. The van der Waals surface area contributed by atoms with Gasteiger partial charge in [-0.3, -0.25) is 4.79 Å². The Hall–Kier alpha value is -2.80. The number of hydrogen-bond donors (Lipinski definition) is 0. The minimum atomic E-state index is -0.991. The highest BCUT2D eigenvalue weighted by Crippen LogP contribution is 2.42. The maximum Gasteiger partial charge on any atom is 0.254 e. The number of aromatic nitrogens is 1. The minimum Gasteiger partial charge on any atom is -0.496 e. The lowest BCUT2D eigenvalue weighted by molar-refractivity contribution is 0.0555. The summed E-state index contributed by atoms with van der Waals surface area (Å²) < 4.78 is 29.8. The van der Waals surface area contributed by atoms with Crippen molar-refractivity contribution in [3.8, 4) is 17.2 Å². The van der Waals surface area contributed by atoms with Crippen LogP contribution in [0.1, 0.15) is 42.1 Å². The number of aryl methyl sites for hydroxylation is 1. The van der Waals surface area contributed by atoms with Crippen molar-refractivity contribution in [3.05, 3.63) is 52.0 Å². The molecule has 5 nitrogen and oxygen atoms in total. The van der Waals surface area contributed by atoms with Gasteiger partial charge < -0.3 is 18.6 Å². The van der Waals surface area contributed by atoms with Crippen molar-refractivity contribution in [2.24, 2.45) is 11.8 Å². The van der Waals surface area contributed by atoms with E-state index in [4.69, 9.17) is 9.15 Å². The minimum absolute atomic E-state index is 0.128. The first kappa shape index (κ1) is 23.6. The first-order chi connectivity index (χ1) is 17.3. The van der Waals surface area contributed by atoms with Gasteiger partial charge in [0.15, 0.2) is 5.76 Å². The molecule has 2 atom stereocenters. The van der Waals surface area contributed by atoms with Crippen LogP contribution in [0.3, 0.4) is 0 Å². The third-order valence-corrected chi connectivity index (χ3v) is 8.09. The number of rotatable bonds is 5. The van der Waals surface area contributed by atoms with Crippen LogP contribution in [-0.2, 0) is 6.54 Å². The van der Waals surface area contributed by atoms with Gasteiger partial charge >= 0.3 is 0 Å². The highest BCUT2D eigenvalue weighted by Gasteiger charge is 2.30. The van der Waals surface area contributed by atoms with E-state index < -0.39 is 6.17 Å². The molecular formula is C29H30BrFN2O3. The summed E-state index contributed by atoms with van der Waals surface area (Å²) in [6.07, 6.45) is 2.01. The van der Waals surface area contributed by atoms with Gasteiger partial charge in [0.1, 0.15) is 17.5 Å². The zero-order chi connectivity index (χ0) is 25.1. The number of furan rings is 1. The summed E-state index contributed by atoms with van der Waals surface area (Å²) in [6.45, 7) is 5.66. The van der Waals surface area contributed by atoms with Crippen molar-refractivity contribution in [1.29, 1.82) is 0 Å². The van der Waals surface area contributed by atoms with Crippen molar-refractivity contribution in [2.75, 3.05) is 20.2 Å². The lowest BCUT2D eigenvalue weighted by Crippen LogP contribution is -2.44. The number of halogens is 2. The van der Waals surface area contributed by atoms with Crippen LogP contribution in [0.5, 0.6) is 5.75 Å². The summed E-state index contributed by atoms with van der Waals surface area (Å²) in [5.74, 6) is 2.02. The first-order valence-electron chi connectivity index (χ1n) is 12.7. The second kappa shape index (κ2) is 8.94. The van der Waals surface area contributed by atoms with Crippen LogP contribution in [0.25, 0.3) is 33.3 Å². The predicted octanol–water partition coefficient (Wildman–Crippen LogP) is 7.36. The maximum absolute atomic E-state index is 14.2. The molecule has 36 heavy (non-hydrogen) atoms. The van der Waals surface area contributed by atoms with Crippen LogP contribution in [0.4, 0.5) is 4.39 Å². The van der Waals surface area contributed by atoms with E-state index in [0.29, 0.717) is 35.8 Å². The van der Waals surface area contributed by atoms with E-state index in [2.05, 4.69) is 44.8 Å². The molecule has 2 fully saturated rings. The number of carbonyl (C=O) groups excluding carboxylic acids is 1. The van der Waals surface area contributed by atoms with Crippen molar-refractivity contribution in [2.45, 2.75) is 45.8 Å². The fourth-order valence-electron chi connectivity index (χ4n) is 5.66. The molecule has 6 rings (SSSR count). The number of alkyl halides is 1. The predicted molar refractivity (Wildman–Crippen MR) is 143 cm³/mol. The zero-order valence-corrected chi connectivity index (χ0v) is 22.4. The largest absolute Gasteiger partial charge is 0.496 e. The van der Waals surface area contributed by atoms with Gasteiger partial charge in [0, 0.05) is 39.6 Å². The van der Waals surface area contributed by atoms with Crippen LogP contribution in [0, 0.1) is 18.8 Å². The Balaban J connectivity index is 1.47. The Morgan fingerprint density at radius 3 is 2.72 bits per heavy atom. The van der Waals surface area contributed by atoms with Gasteiger partial charge in [-0.05, 0) is 68.4 Å². The van der Waals surface area contributed by atoms with Gasteiger partial charge in [0.2, 0.25) is 0 Å². The number of likely N-dealkylation sites (tertiary alicyclic amines) is 1. The smallest absolute Gasteiger partial charge is 0.254 e. The topological polar surface area (TPSA) is 47.6 Å². The highest BCUT2D eigenvalue weighted by atomic mass is 79.9. The molecule has 7 heteroatoms. The van der Waals surface area contributed by atoms with Gasteiger partial charge in [-0.1, -0.05) is 28.9 Å². The summed E-state index contributed by atoms with van der Waals surface area (Å²) in [5, 5.41) is 2.03. The molecule has 0 unspecified atom stereocenters. The standard InChI is InChI=1S/C29H30BrFN2O3/c1-16-8-22(31)15-32(13-16)29(34)20-10-25(35-3)27-17(2)28(36-26(27)11-20)24-9-19-6-7-21(30)12-23(19)33(24)14-18-4-5-18/h6-7,9-12,16,18,22H,4-5,8,13-15H2,1-3H3/t16-,22-/m1/s1. The number of ether oxygens (including phenoxy) is 1. The van der Waals surface area contributed by atoms with Gasteiger partial charge in [-0.15, -0.1) is 0 Å². The molecule has 1 amide bonds. The van der Waals surface area contributed by atoms with E-state index in [1.54, 1.807) is 24.1 Å². The van der Waals surface area contributed by atoms with Gasteiger partial charge in [0.05, 0.1) is 24.7 Å². The lowest BCUT2D eigenvalue weighted by atomic mass is 9.98. The van der Waals surface area contributed by atoms with Crippen LogP contribution >= 0.6 is 15.9 Å². The number of piperidine rings is 1. The van der Waals surface area contributed by atoms with Crippen molar-refractivity contribution in [3.63, 3.8) is 0 Å². The Kier molecular flexibility index (Phi) is 5.86. The van der Waals surface area contributed by atoms with Crippen LogP contribution in [-0.4, -0.2) is 41.7 Å². The molecule has 2 aromatic heterocycles. The Morgan fingerprint density at radius 1 is 1.19 bits per heavy atom. The van der Waals surface area contributed by atoms with E-state index in [0.717, 1.165) is 38.8 Å². The molecule has 188 valence electrons. The van der Waals surface area contributed by atoms with Gasteiger partial charge in [-0.25, -0.2) is 4.39 Å². The average molecular weight is 553 g/mol. The number of nitrogens with zero attached hydrogens (tertiary/aromatic N) is 2. The van der Waals surface area contributed by atoms with Gasteiger partial charge in [-0.2, -0.15) is 0 Å². The van der Waals surface area contributed by atoms with Crippen molar-refractivity contribution in [1.82, 2.24) is 9.47 Å². The summed E-state index contributed by atoms with van der Waals surface area (Å²) in [6, 6.07) is 12.1. The third-order valence-electron chi connectivity index (χ3n) is 7.59. The molecule has 0 spiro atoms. The molecule has 0 radical (unpaired) electrons. The molecule has 2 aliphatic rings. The number of amides is 1. The molecule has 4 aromatic rings. The number of benzene rings is 2. The van der Waals surface area contributed by atoms with E-state index in [9.17, 15) is 9.18 Å². The number of carbonyl (C=O) groups is 1. The van der Waals surface area contributed by atoms with Crippen LogP contribution in [0.15, 0.2) is 45.3 Å². The summed E-state index contributed by atoms with van der Waals surface area (Å²) >= 11 is 3.62. The normalized spacial score (nSPS) is 20.4. The second-order valence-electron chi connectivity index (χ2n) is 10.5. The molecule has 2 aromatic carbocycles. The molecule has 1 aliphatic carbocycles. The average Bonchev–Trinajstić information content (AvgIpc) is 3.52. The fraction of sp³-hybridized carbons (Fsp3) is 0.414. The Morgan fingerprint density at radius 2 is 2.00 bits per heavy atom. The molecular weight excluding hydrogens is 523 g/mol. The van der Waals surface area contributed by atoms with Crippen LogP contribution < -0.4 is 4.74 Å². The quantitative estimate of drug-likeness (QED) is 0.259. The highest BCUT2D eigenvalue weighted by molar-refractivity contribution is 9.10.